The number of ether oxygens (including phenoxy) is 1. The molecule has 0 fully saturated rings. The summed E-state index contributed by atoms with van der Waals surface area (Å²) in [6.07, 6.45) is 0.254. The summed E-state index contributed by atoms with van der Waals surface area (Å²) < 4.78 is 23.4. The number of aromatic nitrogens is 2. The Bertz CT molecular complexity index is 1240. The Morgan fingerprint density at radius 1 is 1.30 bits per heavy atom. The molecular formula is C20H21FIN3O5. The van der Waals surface area contributed by atoms with E-state index in [9.17, 15) is 19.1 Å². The summed E-state index contributed by atoms with van der Waals surface area (Å²) >= 11 is 1.99. The molecule has 3 aromatic rings. The van der Waals surface area contributed by atoms with Crippen molar-refractivity contribution < 1.29 is 19.3 Å². The van der Waals surface area contributed by atoms with Gasteiger partial charge in [-0.15, -0.1) is 0 Å². The van der Waals surface area contributed by atoms with Crippen LogP contribution >= 0.6 is 22.6 Å². The predicted octanol–water partition coefficient (Wildman–Crippen LogP) is 1.76. The average molecular weight is 529 g/mol. The molecule has 0 amide bonds. The number of anilines is 2. The van der Waals surface area contributed by atoms with E-state index >= 15 is 0 Å². The molecular weight excluding hydrogens is 508 g/mol. The van der Waals surface area contributed by atoms with Crippen LogP contribution in [-0.4, -0.2) is 38.7 Å². The lowest BCUT2D eigenvalue weighted by Gasteiger charge is -2.19. The first-order valence-corrected chi connectivity index (χ1v) is 10.1. The lowest BCUT2D eigenvalue weighted by Crippen LogP contribution is -2.28. The van der Waals surface area contributed by atoms with Gasteiger partial charge in [-0.25, -0.2) is 4.39 Å². The summed E-state index contributed by atoms with van der Waals surface area (Å²) in [7, 11) is 3.18. The molecule has 0 aliphatic heterocycles. The number of aliphatic hydroxyl groups is 2. The fourth-order valence-electron chi connectivity index (χ4n) is 3.19. The Morgan fingerprint density at radius 3 is 2.63 bits per heavy atom. The largest absolute Gasteiger partial charge is 0.485 e. The van der Waals surface area contributed by atoms with Crippen LogP contribution in [-0.2, 0) is 14.1 Å². The molecule has 1 aromatic carbocycles. The van der Waals surface area contributed by atoms with Crippen molar-refractivity contribution in [3.05, 3.63) is 59.9 Å². The number of nitrogens with one attached hydrogen (secondary N) is 1. The normalized spacial score (nSPS) is 12.2. The van der Waals surface area contributed by atoms with E-state index in [0.29, 0.717) is 9.22 Å². The van der Waals surface area contributed by atoms with Crippen LogP contribution in [0.2, 0.25) is 0 Å². The van der Waals surface area contributed by atoms with Crippen molar-refractivity contribution in [2.24, 2.45) is 14.1 Å². The number of nitrogens with zero attached hydrogens (tertiary/aromatic N) is 2. The number of aliphatic hydroxyl groups excluding tert-OH is 2. The van der Waals surface area contributed by atoms with Crippen LogP contribution in [0.15, 0.2) is 34.0 Å². The van der Waals surface area contributed by atoms with Gasteiger partial charge in [0, 0.05) is 23.2 Å². The molecule has 0 spiro atoms. The van der Waals surface area contributed by atoms with Gasteiger partial charge >= 0.3 is 0 Å². The molecule has 1 atom stereocenters. The average Bonchev–Trinajstić information content (AvgIpc) is 2.71. The van der Waals surface area contributed by atoms with Crippen molar-refractivity contribution in [3.63, 3.8) is 0 Å². The van der Waals surface area contributed by atoms with Gasteiger partial charge in [0.25, 0.3) is 5.56 Å². The van der Waals surface area contributed by atoms with E-state index in [-0.39, 0.29) is 40.2 Å². The molecule has 8 nitrogen and oxygen atoms in total. The monoisotopic (exact) mass is 529 g/mol. The number of rotatable bonds is 6. The first-order valence-electron chi connectivity index (χ1n) is 9.02. The van der Waals surface area contributed by atoms with Crippen LogP contribution < -0.4 is 21.0 Å². The molecule has 0 saturated heterocycles. The lowest BCUT2D eigenvalue weighted by molar-refractivity contribution is 0.0531. The number of pyridine rings is 2. The zero-order valence-corrected chi connectivity index (χ0v) is 18.7. The minimum atomic E-state index is -1.15. The van der Waals surface area contributed by atoms with Crippen molar-refractivity contribution in [2.75, 3.05) is 18.5 Å². The van der Waals surface area contributed by atoms with E-state index in [1.54, 1.807) is 31.7 Å². The highest BCUT2D eigenvalue weighted by Gasteiger charge is 2.21. The summed E-state index contributed by atoms with van der Waals surface area (Å²) in [4.78, 5) is 26.0. The highest BCUT2D eigenvalue weighted by molar-refractivity contribution is 14.1. The maximum absolute atomic E-state index is 14.4. The van der Waals surface area contributed by atoms with Gasteiger partial charge in [0.2, 0.25) is 5.43 Å². The zero-order chi connectivity index (χ0) is 22.2. The van der Waals surface area contributed by atoms with Gasteiger partial charge in [0.05, 0.1) is 29.6 Å². The summed E-state index contributed by atoms with van der Waals surface area (Å²) in [5.41, 5.74) is 0.00133. The van der Waals surface area contributed by atoms with Crippen LogP contribution in [0.1, 0.15) is 5.56 Å². The third-order valence-corrected chi connectivity index (χ3v) is 5.39. The Hall–Kier alpha value is -2.44. The molecule has 3 N–H and O–H groups in total. The molecule has 2 heterocycles. The SMILES string of the molecule is Cc1c(Nc2ccc(I)cc2F)c2c(=O)c(OC[C@H](O)CO)cn(C)c2n(C)c1=O. The highest BCUT2D eigenvalue weighted by Crippen LogP contribution is 2.29. The molecule has 0 aliphatic rings. The predicted molar refractivity (Wildman–Crippen MR) is 120 cm³/mol. The molecule has 10 heteroatoms. The first-order chi connectivity index (χ1) is 14.1. The summed E-state index contributed by atoms with van der Waals surface area (Å²) in [6, 6.07) is 4.57. The van der Waals surface area contributed by atoms with Gasteiger partial charge in [0.1, 0.15) is 24.2 Å². The molecule has 0 aliphatic carbocycles. The lowest BCUT2D eigenvalue weighted by atomic mass is 10.1. The standard InChI is InChI=1S/C20H21FIN3O5/c1-10-17(23-14-5-4-11(22)6-13(14)21)16-18(28)15(30-9-12(27)8-26)7-24(2)19(16)25(3)20(10)29/h4-7,12,23,26-27H,8-9H2,1-3H3/t12-/m1/s1. The van der Waals surface area contributed by atoms with Gasteiger partial charge in [-0.2, -0.15) is 0 Å². The Balaban J connectivity index is 2.28. The maximum atomic E-state index is 14.4. The van der Waals surface area contributed by atoms with Gasteiger partial charge in [-0.05, 0) is 47.7 Å². The van der Waals surface area contributed by atoms with Crippen LogP contribution in [0.3, 0.4) is 0 Å². The second-order valence-electron chi connectivity index (χ2n) is 6.89. The molecule has 0 saturated carbocycles. The van der Waals surface area contributed by atoms with E-state index in [1.165, 1.54) is 22.9 Å². The van der Waals surface area contributed by atoms with Crippen LogP contribution in [0.4, 0.5) is 15.8 Å². The summed E-state index contributed by atoms with van der Waals surface area (Å²) in [6.45, 7) is 0.758. The molecule has 0 unspecified atom stereocenters. The number of halogens is 2. The van der Waals surface area contributed by atoms with E-state index < -0.39 is 24.0 Å². The number of fused-ring (bicyclic) bond motifs is 1. The van der Waals surface area contributed by atoms with Gasteiger partial charge in [0.15, 0.2) is 5.75 Å². The third kappa shape index (κ3) is 4.07. The van der Waals surface area contributed by atoms with Crippen LogP contribution in [0, 0.1) is 16.3 Å². The smallest absolute Gasteiger partial charge is 0.256 e. The van der Waals surface area contributed by atoms with Crippen molar-refractivity contribution in [3.8, 4) is 5.75 Å². The molecule has 30 heavy (non-hydrogen) atoms. The zero-order valence-electron chi connectivity index (χ0n) is 16.6. The molecule has 2 aromatic heterocycles. The Kier molecular flexibility index (Phi) is 6.48. The summed E-state index contributed by atoms with van der Waals surface area (Å²) in [5, 5.41) is 21.5. The fourth-order valence-corrected chi connectivity index (χ4v) is 3.65. The van der Waals surface area contributed by atoms with Crippen molar-refractivity contribution in [1.82, 2.24) is 9.13 Å². The van der Waals surface area contributed by atoms with E-state index in [2.05, 4.69) is 5.32 Å². The second-order valence-corrected chi connectivity index (χ2v) is 8.14. The van der Waals surface area contributed by atoms with E-state index in [1.807, 2.05) is 22.6 Å². The van der Waals surface area contributed by atoms with Gasteiger partial charge in [-0.3, -0.25) is 14.2 Å². The maximum Gasteiger partial charge on any atom is 0.256 e. The van der Waals surface area contributed by atoms with E-state index in [0.717, 1.165) is 0 Å². The molecule has 3 rings (SSSR count). The number of hydrogen-bond donors (Lipinski definition) is 3. The highest BCUT2D eigenvalue weighted by atomic mass is 127. The minimum Gasteiger partial charge on any atom is -0.485 e. The quantitative estimate of drug-likeness (QED) is 0.421. The Morgan fingerprint density at radius 2 is 2.00 bits per heavy atom. The second kappa shape index (κ2) is 8.74. The van der Waals surface area contributed by atoms with Gasteiger partial charge in [-0.1, -0.05) is 0 Å². The van der Waals surface area contributed by atoms with Crippen molar-refractivity contribution in [1.29, 1.82) is 0 Å². The van der Waals surface area contributed by atoms with Gasteiger partial charge < -0.3 is 24.8 Å². The molecule has 160 valence electrons. The third-order valence-electron chi connectivity index (χ3n) is 4.72. The fraction of sp³-hybridized carbons (Fsp3) is 0.300. The van der Waals surface area contributed by atoms with Crippen LogP contribution in [0.5, 0.6) is 5.75 Å². The van der Waals surface area contributed by atoms with Crippen LogP contribution in [0.25, 0.3) is 11.0 Å². The van der Waals surface area contributed by atoms with E-state index in [4.69, 9.17) is 9.84 Å². The number of aryl methyl sites for hydroxylation is 2. The topological polar surface area (TPSA) is 106 Å². The number of hydrogen-bond acceptors (Lipinski definition) is 6. The summed E-state index contributed by atoms with van der Waals surface area (Å²) in [5.74, 6) is -0.591. The molecule has 0 bridgehead atoms. The Labute approximate surface area is 184 Å². The minimum absolute atomic E-state index is 0.0679. The van der Waals surface area contributed by atoms with Crippen molar-refractivity contribution in [2.45, 2.75) is 13.0 Å². The molecule has 0 radical (unpaired) electrons. The first kappa shape index (κ1) is 22.2. The van der Waals surface area contributed by atoms with Crippen molar-refractivity contribution >= 4 is 45.0 Å². The number of benzene rings is 1.